The summed E-state index contributed by atoms with van der Waals surface area (Å²) in [5.74, 6) is -0.0192. The highest BCUT2D eigenvalue weighted by molar-refractivity contribution is 7.92. The van der Waals surface area contributed by atoms with Gasteiger partial charge in [0.1, 0.15) is 12.4 Å². The summed E-state index contributed by atoms with van der Waals surface area (Å²) in [5, 5.41) is 0. The van der Waals surface area contributed by atoms with Crippen LogP contribution in [0.15, 0.2) is 43.0 Å². The number of benzene rings is 1. The summed E-state index contributed by atoms with van der Waals surface area (Å²) in [6.07, 6.45) is 5.50. The fourth-order valence-corrected chi connectivity index (χ4v) is 2.47. The number of carbonyl (C=O) groups excluding carboxylic acids is 1. The van der Waals surface area contributed by atoms with Crippen LogP contribution >= 0.6 is 0 Å². The van der Waals surface area contributed by atoms with E-state index in [1.807, 2.05) is 30.3 Å². The van der Waals surface area contributed by atoms with Crippen LogP contribution in [0, 0.1) is 0 Å². The lowest BCUT2D eigenvalue weighted by Gasteiger charge is -2.06. The average Bonchev–Trinajstić information content (AvgIpc) is 2.84. The molecule has 0 saturated heterocycles. The molecule has 2 rings (SSSR count). The van der Waals surface area contributed by atoms with Crippen LogP contribution in [-0.2, 0) is 23.6 Å². The van der Waals surface area contributed by atoms with Crippen molar-refractivity contribution in [2.45, 2.75) is 13.5 Å². The summed E-state index contributed by atoms with van der Waals surface area (Å²) >= 11 is 0. The van der Waals surface area contributed by atoms with Crippen molar-refractivity contribution in [1.82, 2.24) is 4.57 Å². The lowest BCUT2D eigenvalue weighted by molar-refractivity contribution is -0.671. The van der Waals surface area contributed by atoms with E-state index in [1.165, 1.54) is 0 Å². The Morgan fingerprint density at radius 2 is 1.95 bits per heavy atom. The van der Waals surface area contributed by atoms with Gasteiger partial charge in [0, 0.05) is 11.3 Å². The van der Waals surface area contributed by atoms with Gasteiger partial charge in [-0.25, -0.2) is 17.6 Å². The maximum absolute atomic E-state index is 12.1. The van der Waals surface area contributed by atoms with Gasteiger partial charge >= 0.3 is 0 Å². The van der Waals surface area contributed by atoms with E-state index in [4.69, 9.17) is 0 Å². The Morgan fingerprint density at radius 3 is 2.48 bits per heavy atom. The molecule has 21 heavy (non-hydrogen) atoms. The number of carbonyl (C=O) groups is 1. The van der Waals surface area contributed by atoms with Crippen LogP contribution < -0.4 is 9.29 Å². The first-order chi connectivity index (χ1) is 9.89. The first-order valence-electron chi connectivity index (χ1n) is 6.54. The van der Waals surface area contributed by atoms with Crippen LogP contribution in [0.5, 0.6) is 0 Å². The van der Waals surface area contributed by atoms with Gasteiger partial charge in [0.05, 0.1) is 12.8 Å². The number of imidazole rings is 1. The van der Waals surface area contributed by atoms with Gasteiger partial charge in [-0.15, -0.1) is 0 Å². The lowest BCUT2D eigenvalue weighted by Crippen LogP contribution is -2.24. The number of hydrogen-bond donors (Lipinski definition) is 1. The maximum Gasteiger partial charge on any atom is 0.243 e. The third kappa shape index (κ3) is 4.16. The fourth-order valence-electron chi connectivity index (χ4n) is 1.83. The van der Waals surface area contributed by atoms with Gasteiger partial charge in [-0.2, -0.15) is 0 Å². The smallest absolute Gasteiger partial charge is 0.243 e. The Kier molecular flexibility index (Phi) is 4.42. The van der Waals surface area contributed by atoms with Gasteiger partial charge in [0.15, 0.2) is 6.54 Å². The van der Waals surface area contributed by atoms with Crippen molar-refractivity contribution in [2.24, 2.45) is 7.05 Å². The first kappa shape index (κ1) is 15.2. The number of nitrogens with zero attached hydrogens (tertiary/aromatic N) is 2. The molecule has 7 heteroatoms. The van der Waals surface area contributed by atoms with E-state index in [9.17, 15) is 13.2 Å². The molecule has 1 N–H and O–H groups in total. The average molecular weight is 308 g/mol. The predicted octanol–water partition coefficient (Wildman–Crippen LogP) is 0.957. The Balaban J connectivity index is 2.06. The van der Waals surface area contributed by atoms with Crippen molar-refractivity contribution in [3.8, 4) is 0 Å². The highest BCUT2D eigenvalue weighted by atomic mass is 32.2. The highest BCUT2D eigenvalue weighted by Crippen LogP contribution is 2.12. The Morgan fingerprint density at radius 1 is 1.29 bits per heavy atom. The molecule has 0 aliphatic carbocycles. The summed E-state index contributed by atoms with van der Waals surface area (Å²) in [7, 11) is -1.41. The largest absolute Gasteiger partial charge is 0.290 e. The quantitative estimate of drug-likeness (QED) is 0.638. The zero-order valence-corrected chi connectivity index (χ0v) is 12.8. The molecule has 6 nitrogen and oxygen atoms in total. The predicted molar refractivity (Wildman–Crippen MR) is 79.5 cm³/mol. The third-order valence-electron chi connectivity index (χ3n) is 3.01. The summed E-state index contributed by atoms with van der Waals surface area (Å²) in [6.45, 7) is 1.82. The molecule has 1 aromatic heterocycles. The van der Waals surface area contributed by atoms with Crippen LogP contribution in [0.2, 0.25) is 0 Å². The molecule has 0 spiro atoms. The number of aryl methyl sites for hydroxylation is 1. The minimum absolute atomic E-state index is 0.0122. The van der Waals surface area contributed by atoms with E-state index >= 15 is 0 Å². The number of nitrogens with one attached hydrogen (secondary N) is 1. The van der Waals surface area contributed by atoms with E-state index in [1.54, 1.807) is 35.8 Å². The van der Waals surface area contributed by atoms with Crippen molar-refractivity contribution in [3.05, 3.63) is 48.5 Å². The molecule has 0 radical (unpaired) electrons. The van der Waals surface area contributed by atoms with Crippen molar-refractivity contribution >= 4 is 21.5 Å². The first-order valence-corrected chi connectivity index (χ1v) is 8.19. The van der Waals surface area contributed by atoms with Crippen LogP contribution in [0.4, 0.5) is 5.69 Å². The van der Waals surface area contributed by atoms with Crippen molar-refractivity contribution in [3.63, 3.8) is 0 Å². The number of Topliss-reactive ketones (excluding diaryl/α,β-unsaturated/α-hetero) is 1. The van der Waals surface area contributed by atoms with Crippen LogP contribution in [0.1, 0.15) is 17.3 Å². The molecule has 0 unspecified atom stereocenters. The highest BCUT2D eigenvalue weighted by Gasteiger charge is 2.12. The Labute approximate surface area is 124 Å². The van der Waals surface area contributed by atoms with Crippen molar-refractivity contribution in [2.75, 3.05) is 10.5 Å². The van der Waals surface area contributed by atoms with Crippen LogP contribution in [0.25, 0.3) is 0 Å². The van der Waals surface area contributed by atoms with Crippen LogP contribution in [0.3, 0.4) is 0 Å². The summed E-state index contributed by atoms with van der Waals surface area (Å²) < 4.78 is 29.0. The molecule has 0 fully saturated rings. The van der Waals surface area contributed by atoms with Gasteiger partial charge in [-0.05, 0) is 31.2 Å². The summed E-state index contributed by atoms with van der Waals surface area (Å²) in [4.78, 5) is 12.1. The molecule has 2 aromatic rings. The molecule has 112 valence electrons. The number of sulfonamides is 1. The second-order valence-electron chi connectivity index (χ2n) is 4.76. The number of anilines is 1. The molecule has 0 aliphatic rings. The normalized spacial score (nSPS) is 11.3. The van der Waals surface area contributed by atoms with Gasteiger partial charge in [-0.3, -0.25) is 9.52 Å². The number of aromatic nitrogens is 2. The zero-order valence-electron chi connectivity index (χ0n) is 12.0. The molecule has 0 aliphatic heterocycles. The molecular weight excluding hydrogens is 290 g/mol. The van der Waals surface area contributed by atoms with Crippen molar-refractivity contribution in [1.29, 1.82) is 0 Å². The Bertz CT molecular complexity index is 733. The second-order valence-corrected chi connectivity index (χ2v) is 6.77. The Hall–Kier alpha value is -2.15. The lowest BCUT2D eigenvalue weighted by atomic mass is 10.1. The minimum Gasteiger partial charge on any atom is -0.290 e. The molecule has 1 heterocycles. The standard InChI is InChI=1S/C14H17N3O3S/c1-3-21(19,20)15-13-6-4-12(5-7-13)14(18)10-17-9-8-16(2)11-17/h4-9,11H,3,10H2,1-2H3/p+1. The number of rotatable bonds is 6. The minimum atomic E-state index is -3.29. The zero-order chi connectivity index (χ0) is 15.5. The molecule has 0 amide bonds. The van der Waals surface area contributed by atoms with E-state index in [-0.39, 0.29) is 18.1 Å². The topological polar surface area (TPSA) is 72.0 Å². The molecule has 0 saturated carbocycles. The van der Waals surface area contributed by atoms with E-state index in [0.29, 0.717) is 11.3 Å². The van der Waals surface area contributed by atoms with Gasteiger partial charge in [0.25, 0.3) is 0 Å². The van der Waals surface area contributed by atoms with Crippen molar-refractivity contribution < 1.29 is 17.8 Å². The third-order valence-corrected chi connectivity index (χ3v) is 4.32. The molecular formula is C14H18N3O3S+. The summed E-state index contributed by atoms with van der Waals surface area (Å²) in [5.41, 5.74) is 1.01. The van der Waals surface area contributed by atoms with Gasteiger partial charge < -0.3 is 0 Å². The monoisotopic (exact) mass is 308 g/mol. The molecule has 1 aromatic carbocycles. The van der Waals surface area contributed by atoms with Gasteiger partial charge in [0.2, 0.25) is 22.1 Å². The fraction of sp³-hybridized carbons (Fsp3) is 0.286. The maximum atomic E-state index is 12.1. The second kappa shape index (κ2) is 6.09. The number of hydrogen-bond acceptors (Lipinski definition) is 3. The molecule has 0 bridgehead atoms. The van der Waals surface area contributed by atoms with E-state index in [2.05, 4.69) is 4.72 Å². The summed E-state index contributed by atoms with van der Waals surface area (Å²) in [6, 6.07) is 6.44. The SMILES string of the molecule is CCS(=O)(=O)Nc1ccc(C(=O)Cn2cc[n+](C)c2)cc1. The van der Waals surface area contributed by atoms with Gasteiger partial charge in [-0.1, -0.05) is 0 Å². The van der Waals surface area contributed by atoms with E-state index in [0.717, 1.165) is 0 Å². The number of ketones is 1. The van der Waals surface area contributed by atoms with Crippen LogP contribution in [-0.4, -0.2) is 24.5 Å². The molecule has 0 atom stereocenters. The van der Waals surface area contributed by atoms with E-state index < -0.39 is 10.0 Å².